The first-order valence-corrected chi connectivity index (χ1v) is 9.52. The lowest BCUT2D eigenvalue weighted by molar-refractivity contribution is -0.114. The van der Waals surface area contributed by atoms with E-state index >= 15 is 0 Å². The summed E-state index contributed by atoms with van der Waals surface area (Å²) in [6, 6.07) is 4.72. The van der Waals surface area contributed by atoms with E-state index in [0.717, 1.165) is 53.9 Å². The lowest BCUT2D eigenvalue weighted by Gasteiger charge is -2.37. The molecule has 0 spiro atoms. The SMILES string of the molecule is CC(=O)Nc1cc2nc(-c3cnn(C)c3)c(N3C4CCC3COC4)cc2cn1. The van der Waals surface area contributed by atoms with Crippen LogP contribution in [0.25, 0.3) is 22.2 Å². The number of rotatable bonds is 3. The number of aryl methyl sites for hydroxylation is 1. The van der Waals surface area contributed by atoms with Crippen molar-refractivity contribution < 1.29 is 9.53 Å². The van der Waals surface area contributed by atoms with Crippen molar-refractivity contribution in [3.63, 3.8) is 0 Å². The first kappa shape index (κ1) is 17.1. The minimum absolute atomic E-state index is 0.152. The molecule has 2 saturated heterocycles. The molecule has 1 amide bonds. The maximum atomic E-state index is 11.4. The van der Waals surface area contributed by atoms with Crippen LogP contribution in [0.2, 0.25) is 0 Å². The Hall–Kier alpha value is -3.00. The Morgan fingerprint density at radius 3 is 2.68 bits per heavy atom. The summed E-state index contributed by atoms with van der Waals surface area (Å²) in [6.07, 6.45) is 7.86. The van der Waals surface area contributed by atoms with Crippen molar-refractivity contribution in [1.29, 1.82) is 0 Å². The van der Waals surface area contributed by atoms with Crippen LogP contribution in [0, 0.1) is 0 Å². The lowest BCUT2D eigenvalue weighted by Crippen LogP contribution is -2.46. The Balaban J connectivity index is 1.68. The van der Waals surface area contributed by atoms with Crippen molar-refractivity contribution in [1.82, 2.24) is 19.7 Å². The smallest absolute Gasteiger partial charge is 0.222 e. The van der Waals surface area contributed by atoms with Gasteiger partial charge in [0.15, 0.2) is 0 Å². The zero-order chi connectivity index (χ0) is 19.3. The second-order valence-corrected chi connectivity index (χ2v) is 7.53. The highest BCUT2D eigenvalue weighted by Gasteiger charge is 2.39. The molecular formula is C20H22N6O2. The molecule has 2 aliphatic rings. The van der Waals surface area contributed by atoms with E-state index in [1.807, 2.05) is 25.5 Å². The van der Waals surface area contributed by atoms with Gasteiger partial charge in [0.1, 0.15) is 5.82 Å². The van der Waals surface area contributed by atoms with Crippen molar-refractivity contribution >= 4 is 28.3 Å². The van der Waals surface area contributed by atoms with Crippen LogP contribution in [0.15, 0.2) is 30.7 Å². The van der Waals surface area contributed by atoms with Crippen molar-refractivity contribution in [3.8, 4) is 11.3 Å². The van der Waals surface area contributed by atoms with Crippen LogP contribution >= 0.6 is 0 Å². The van der Waals surface area contributed by atoms with E-state index in [1.54, 1.807) is 10.9 Å². The fourth-order valence-corrected chi connectivity index (χ4v) is 4.28. The number of ether oxygens (including phenoxy) is 1. The van der Waals surface area contributed by atoms with E-state index in [2.05, 4.69) is 26.4 Å². The van der Waals surface area contributed by atoms with Gasteiger partial charge in [-0.25, -0.2) is 9.97 Å². The summed E-state index contributed by atoms with van der Waals surface area (Å²) >= 11 is 0. The van der Waals surface area contributed by atoms with E-state index in [4.69, 9.17) is 9.72 Å². The van der Waals surface area contributed by atoms with Gasteiger partial charge in [-0.05, 0) is 18.9 Å². The number of carbonyl (C=O) groups is 1. The number of nitrogens with one attached hydrogen (secondary N) is 1. The van der Waals surface area contributed by atoms with Gasteiger partial charge in [0, 0.05) is 43.4 Å². The van der Waals surface area contributed by atoms with Crippen molar-refractivity contribution in [2.45, 2.75) is 31.8 Å². The van der Waals surface area contributed by atoms with Crippen molar-refractivity contribution in [2.75, 3.05) is 23.4 Å². The first-order valence-electron chi connectivity index (χ1n) is 9.52. The summed E-state index contributed by atoms with van der Waals surface area (Å²) in [5.41, 5.74) is 3.77. The van der Waals surface area contributed by atoms with Gasteiger partial charge in [-0.2, -0.15) is 5.10 Å². The van der Waals surface area contributed by atoms with Crippen LogP contribution < -0.4 is 10.2 Å². The number of hydrogen-bond donors (Lipinski definition) is 1. The van der Waals surface area contributed by atoms with E-state index in [0.29, 0.717) is 17.9 Å². The Labute approximate surface area is 162 Å². The number of fused-ring (bicyclic) bond motifs is 3. The highest BCUT2D eigenvalue weighted by molar-refractivity contribution is 5.93. The quantitative estimate of drug-likeness (QED) is 0.753. The summed E-state index contributed by atoms with van der Waals surface area (Å²) in [6.45, 7) is 2.97. The van der Waals surface area contributed by atoms with Gasteiger partial charge in [-0.3, -0.25) is 9.48 Å². The molecule has 2 aliphatic heterocycles. The number of amides is 1. The van der Waals surface area contributed by atoms with Crippen LogP contribution in [0.3, 0.4) is 0 Å². The number of anilines is 2. The Kier molecular flexibility index (Phi) is 4.01. The van der Waals surface area contributed by atoms with E-state index < -0.39 is 0 Å². The second-order valence-electron chi connectivity index (χ2n) is 7.53. The maximum Gasteiger partial charge on any atom is 0.222 e. The molecule has 2 atom stereocenters. The van der Waals surface area contributed by atoms with Gasteiger partial charge >= 0.3 is 0 Å². The molecule has 28 heavy (non-hydrogen) atoms. The zero-order valence-electron chi connectivity index (χ0n) is 15.9. The molecule has 1 N–H and O–H groups in total. The standard InChI is InChI=1S/C20H22N6O2/c1-12(27)23-19-6-17-13(7-21-19)5-18(20(24-17)14-8-22-25(2)9-14)26-15-3-4-16(26)11-28-10-15/h5-9,15-16H,3-4,10-11H2,1-2H3,(H,21,23,27). The third-order valence-corrected chi connectivity index (χ3v) is 5.48. The monoisotopic (exact) mass is 378 g/mol. The van der Waals surface area contributed by atoms with Gasteiger partial charge in [-0.1, -0.05) is 0 Å². The summed E-state index contributed by atoms with van der Waals surface area (Å²) < 4.78 is 7.55. The molecule has 0 radical (unpaired) electrons. The van der Waals surface area contributed by atoms with Crippen molar-refractivity contribution in [2.24, 2.45) is 7.05 Å². The molecule has 2 fully saturated rings. The van der Waals surface area contributed by atoms with Crippen LogP contribution in [0.4, 0.5) is 11.5 Å². The van der Waals surface area contributed by atoms with Crippen LogP contribution in [-0.2, 0) is 16.6 Å². The van der Waals surface area contributed by atoms with Crippen molar-refractivity contribution in [3.05, 3.63) is 30.7 Å². The summed E-state index contributed by atoms with van der Waals surface area (Å²) in [7, 11) is 1.90. The minimum Gasteiger partial charge on any atom is -0.377 e. The minimum atomic E-state index is -0.152. The molecule has 5 heterocycles. The van der Waals surface area contributed by atoms with Gasteiger partial charge in [0.25, 0.3) is 0 Å². The average molecular weight is 378 g/mol. The number of nitrogens with zero attached hydrogens (tertiary/aromatic N) is 5. The van der Waals surface area contributed by atoms with E-state index in [9.17, 15) is 4.79 Å². The molecule has 5 rings (SSSR count). The summed E-state index contributed by atoms with van der Waals surface area (Å²) in [4.78, 5) is 23.2. The molecule has 8 heteroatoms. The summed E-state index contributed by atoms with van der Waals surface area (Å²) in [5.74, 6) is 0.352. The predicted molar refractivity (Wildman–Crippen MR) is 106 cm³/mol. The molecule has 144 valence electrons. The van der Waals surface area contributed by atoms with Crippen LogP contribution in [-0.4, -0.2) is 51.0 Å². The second kappa shape index (κ2) is 6.56. The van der Waals surface area contributed by atoms with Crippen LogP contribution in [0.5, 0.6) is 0 Å². The molecular weight excluding hydrogens is 356 g/mol. The summed E-state index contributed by atoms with van der Waals surface area (Å²) in [5, 5.41) is 8.01. The van der Waals surface area contributed by atoms with Gasteiger partial charge in [-0.15, -0.1) is 0 Å². The number of carbonyl (C=O) groups excluding carboxylic acids is 1. The molecule has 2 bridgehead atoms. The van der Waals surface area contributed by atoms with E-state index in [1.165, 1.54) is 6.92 Å². The Bertz CT molecular complexity index is 1050. The van der Waals surface area contributed by atoms with Gasteiger partial charge in [0.2, 0.25) is 5.91 Å². The number of aromatic nitrogens is 4. The molecule has 8 nitrogen and oxygen atoms in total. The molecule has 0 aromatic carbocycles. The number of morpholine rings is 1. The largest absolute Gasteiger partial charge is 0.377 e. The highest BCUT2D eigenvalue weighted by atomic mass is 16.5. The Morgan fingerprint density at radius 1 is 1.21 bits per heavy atom. The highest BCUT2D eigenvalue weighted by Crippen LogP contribution is 2.40. The topological polar surface area (TPSA) is 85.2 Å². The fraction of sp³-hybridized carbons (Fsp3) is 0.400. The number of hydrogen-bond acceptors (Lipinski definition) is 6. The molecule has 0 saturated carbocycles. The van der Waals surface area contributed by atoms with E-state index in [-0.39, 0.29) is 5.91 Å². The third-order valence-electron chi connectivity index (χ3n) is 5.48. The predicted octanol–water partition coefficient (Wildman–Crippen LogP) is 2.36. The maximum absolute atomic E-state index is 11.4. The number of pyridine rings is 2. The fourth-order valence-electron chi connectivity index (χ4n) is 4.28. The normalized spacial score (nSPS) is 21.3. The Morgan fingerprint density at radius 2 is 2.00 bits per heavy atom. The molecule has 3 aromatic heterocycles. The molecule has 0 aliphatic carbocycles. The first-order chi connectivity index (χ1) is 13.6. The van der Waals surface area contributed by atoms with Gasteiger partial charge in [0.05, 0.1) is 48.4 Å². The third kappa shape index (κ3) is 2.90. The lowest BCUT2D eigenvalue weighted by atomic mass is 10.1. The molecule has 3 aromatic rings. The van der Waals surface area contributed by atoms with Crippen LogP contribution in [0.1, 0.15) is 19.8 Å². The average Bonchev–Trinajstić information content (AvgIpc) is 3.20. The van der Waals surface area contributed by atoms with Gasteiger partial charge < -0.3 is 15.0 Å². The molecule has 2 unspecified atom stereocenters. The zero-order valence-corrected chi connectivity index (χ0v) is 15.9.